The van der Waals surface area contributed by atoms with E-state index in [0.29, 0.717) is 17.7 Å². The van der Waals surface area contributed by atoms with E-state index in [1.807, 2.05) is 45.9 Å². The monoisotopic (exact) mass is 423 g/mol. The number of methoxy groups -OCH3 is 1. The summed E-state index contributed by atoms with van der Waals surface area (Å²) in [7, 11) is 1.56. The summed E-state index contributed by atoms with van der Waals surface area (Å²) >= 11 is 0. The number of ether oxygens (including phenoxy) is 1. The fourth-order valence-electron chi connectivity index (χ4n) is 3.95. The molecular weight excluding hydrogens is 394 g/mol. The van der Waals surface area contributed by atoms with Gasteiger partial charge in [0.2, 0.25) is 5.91 Å². The Hall–Kier alpha value is -3.35. The number of imide groups is 1. The molecule has 3 rings (SSSR count). The van der Waals surface area contributed by atoms with Crippen molar-refractivity contribution in [2.24, 2.45) is 0 Å². The average Bonchev–Trinajstić information content (AvgIpc) is 3.00. The molecule has 2 N–H and O–H groups in total. The zero-order chi connectivity index (χ0) is 22.8. The number of carbonyl (C=O) groups is 3. The van der Waals surface area contributed by atoms with Crippen LogP contribution in [-0.2, 0) is 15.1 Å². The van der Waals surface area contributed by atoms with Gasteiger partial charge in [-0.25, -0.2) is 4.79 Å². The van der Waals surface area contributed by atoms with E-state index >= 15 is 0 Å². The standard InChI is InChI=1S/C24H29N3O4/c1-6-24(17-10-12-18(31-5)13-11-17)22(29)27(23(30)26-24)14-20(28)25-21-16(4)8-7-9-19(21)15(2)3/h7-13,15H,6,14H2,1-5H3,(H,25,28)(H,26,30)/t24-/m0/s1. The molecule has 2 aromatic carbocycles. The zero-order valence-corrected chi connectivity index (χ0v) is 18.6. The van der Waals surface area contributed by atoms with Gasteiger partial charge in [0.05, 0.1) is 7.11 Å². The van der Waals surface area contributed by atoms with Crippen molar-refractivity contribution in [3.05, 3.63) is 59.2 Å². The van der Waals surface area contributed by atoms with Crippen molar-refractivity contribution < 1.29 is 19.1 Å². The normalized spacial score (nSPS) is 18.3. The van der Waals surface area contributed by atoms with Crippen LogP contribution in [0.15, 0.2) is 42.5 Å². The van der Waals surface area contributed by atoms with Crippen molar-refractivity contribution >= 4 is 23.5 Å². The van der Waals surface area contributed by atoms with E-state index < -0.39 is 23.4 Å². The molecule has 1 aliphatic rings. The van der Waals surface area contributed by atoms with Crippen LogP contribution in [-0.4, -0.2) is 36.4 Å². The summed E-state index contributed by atoms with van der Waals surface area (Å²) in [4.78, 5) is 39.7. The summed E-state index contributed by atoms with van der Waals surface area (Å²) in [5.41, 5.74) is 2.11. The summed E-state index contributed by atoms with van der Waals surface area (Å²) in [6.45, 7) is 7.49. The van der Waals surface area contributed by atoms with E-state index in [2.05, 4.69) is 10.6 Å². The van der Waals surface area contributed by atoms with Crippen LogP contribution in [0.5, 0.6) is 5.75 Å². The van der Waals surface area contributed by atoms with Crippen molar-refractivity contribution in [3.63, 3.8) is 0 Å². The van der Waals surface area contributed by atoms with E-state index in [0.717, 1.165) is 21.7 Å². The molecule has 0 radical (unpaired) electrons. The van der Waals surface area contributed by atoms with Gasteiger partial charge in [-0.3, -0.25) is 14.5 Å². The molecule has 2 aromatic rings. The summed E-state index contributed by atoms with van der Waals surface area (Å²) in [5, 5.41) is 5.70. The van der Waals surface area contributed by atoms with Crippen molar-refractivity contribution in [3.8, 4) is 5.75 Å². The topological polar surface area (TPSA) is 87.7 Å². The number of urea groups is 1. The largest absolute Gasteiger partial charge is 0.497 e. The second kappa shape index (κ2) is 8.79. The van der Waals surface area contributed by atoms with E-state index in [1.54, 1.807) is 31.4 Å². The fraction of sp³-hybridized carbons (Fsp3) is 0.375. The van der Waals surface area contributed by atoms with Crippen LogP contribution < -0.4 is 15.4 Å². The minimum atomic E-state index is -1.20. The first-order valence-corrected chi connectivity index (χ1v) is 10.4. The maximum absolute atomic E-state index is 13.3. The first kappa shape index (κ1) is 22.3. The molecule has 31 heavy (non-hydrogen) atoms. The highest BCUT2D eigenvalue weighted by atomic mass is 16.5. The van der Waals surface area contributed by atoms with Crippen LogP contribution in [0, 0.1) is 6.92 Å². The van der Waals surface area contributed by atoms with Gasteiger partial charge in [-0.05, 0) is 48.1 Å². The lowest BCUT2D eigenvalue weighted by Crippen LogP contribution is -2.44. The molecule has 1 atom stereocenters. The third-order valence-corrected chi connectivity index (χ3v) is 5.78. The molecule has 0 unspecified atom stereocenters. The molecule has 1 heterocycles. The quantitative estimate of drug-likeness (QED) is 0.661. The van der Waals surface area contributed by atoms with Gasteiger partial charge in [0.1, 0.15) is 17.8 Å². The van der Waals surface area contributed by atoms with Gasteiger partial charge >= 0.3 is 6.03 Å². The maximum Gasteiger partial charge on any atom is 0.325 e. The van der Waals surface area contributed by atoms with E-state index in [-0.39, 0.29) is 12.5 Å². The highest BCUT2D eigenvalue weighted by molar-refractivity contribution is 6.10. The Balaban J connectivity index is 1.82. The molecule has 0 aromatic heterocycles. The van der Waals surface area contributed by atoms with E-state index in [9.17, 15) is 14.4 Å². The average molecular weight is 424 g/mol. The number of para-hydroxylation sites is 1. The van der Waals surface area contributed by atoms with Crippen molar-refractivity contribution in [1.82, 2.24) is 10.2 Å². The molecule has 0 bridgehead atoms. The van der Waals surface area contributed by atoms with Gasteiger partial charge in [0.25, 0.3) is 5.91 Å². The molecule has 1 fully saturated rings. The number of nitrogens with zero attached hydrogens (tertiary/aromatic N) is 1. The molecule has 4 amide bonds. The highest BCUT2D eigenvalue weighted by Crippen LogP contribution is 2.33. The Labute approximate surface area is 182 Å². The minimum Gasteiger partial charge on any atom is -0.497 e. The zero-order valence-electron chi connectivity index (χ0n) is 18.6. The number of aryl methyl sites for hydroxylation is 1. The SMILES string of the molecule is CC[C@@]1(c2ccc(OC)cc2)NC(=O)N(CC(=O)Nc2c(C)cccc2C(C)C)C1=O. The Morgan fingerprint density at radius 2 is 1.84 bits per heavy atom. The van der Waals surface area contributed by atoms with Crippen LogP contribution in [0.2, 0.25) is 0 Å². The lowest BCUT2D eigenvalue weighted by atomic mass is 9.87. The Morgan fingerprint density at radius 3 is 2.42 bits per heavy atom. The maximum atomic E-state index is 13.3. The lowest BCUT2D eigenvalue weighted by Gasteiger charge is -2.26. The van der Waals surface area contributed by atoms with Crippen LogP contribution in [0.4, 0.5) is 10.5 Å². The van der Waals surface area contributed by atoms with Gasteiger partial charge in [-0.15, -0.1) is 0 Å². The predicted octanol–water partition coefficient (Wildman–Crippen LogP) is 3.92. The minimum absolute atomic E-state index is 0.217. The van der Waals surface area contributed by atoms with Crippen LogP contribution in [0.3, 0.4) is 0 Å². The summed E-state index contributed by atoms with van der Waals surface area (Å²) < 4.78 is 5.18. The molecule has 1 saturated heterocycles. The number of benzene rings is 2. The van der Waals surface area contributed by atoms with Gasteiger partial charge in [-0.1, -0.05) is 51.1 Å². The van der Waals surface area contributed by atoms with Crippen LogP contribution >= 0.6 is 0 Å². The summed E-state index contributed by atoms with van der Waals surface area (Å²) in [6.07, 6.45) is 0.358. The number of amides is 4. The number of hydrogen-bond donors (Lipinski definition) is 2. The number of carbonyl (C=O) groups excluding carboxylic acids is 3. The molecule has 7 nitrogen and oxygen atoms in total. The molecular formula is C24H29N3O4. The third-order valence-electron chi connectivity index (χ3n) is 5.78. The van der Waals surface area contributed by atoms with Crippen LogP contribution in [0.25, 0.3) is 0 Å². The smallest absolute Gasteiger partial charge is 0.325 e. The summed E-state index contributed by atoms with van der Waals surface area (Å²) in [5.74, 6) is 0.0208. The molecule has 0 aliphatic carbocycles. The van der Waals surface area contributed by atoms with Crippen molar-refractivity contribution in [2.75, 3.05) is 19.0 Å². The molecule has 1 aliphatic heterocycles. The van der Waals surface area contributed by atoms with Crippen molar-refractivity contribution in [1.29, 1.82) is 0 Å². The first-order valence-electron chi connectivity index (χ1n) is 10.4. The van der Waals surface area contributed by atoms with Crippen molar-refractivity contribution in [2.45, 2.75) is 45.6 Å². The molecule has 7 heteroatoms. The summed E-state index contributed by atoms with van der Waals surface area (Å²) in [6, 6.07) is 12.3. The number of rotatable bonds is 7. The second-order valence-electron chi connectivity index (χ2n) is 8.05. The molecule has 0 saturated carbocycles. The van der Waals surface area contributed by atoms with Gasteiger partial charge in [0.15, 0.2) is 0 Å². The predicted molar refractivity (Wildman–Crippen MR) is 119 cm³/mol. The van der Waals surface area contributed by atoms with Gasteiger partial charge in [-0.2, -0.15) is 0 Å². The highest BCUT2D eigenvalue weighted by Gasteiger charge is 2.51. The first-order chi connectivity index (χ1) is 14.7. The number of anilines is 1. The molecule has 164 valence electrons. The Kier molecular flexibility index (Phi) is 6.34. The number of hydrogen-bond acceptors (Lipinski definition) is 4. The Bertz CT molecular complexity index is 1000. The third kappa shape index (κ3) is 4.13. The van der Waals surface area contributed by atoms with Crippen LogP contribution in [0.1, 0.15) is 49.8 Å². The van der Waals surface area contributed by atoms with Gasteiger partial charge < -0.3 is 15.4 Å². The van der Waals surface area contributed by atoms with E-state index in [4.69, 9.17) is 4.74 Å². The van der Waals surface area contributed by atoms with E-state index in [1.165, 1.54) is 0 Å². The lowest BCUT2D eigenvalue weighted by molar-refractivity contribution is -0.134. The molecule has 0 spiro atoms. The fourth-order valence-corrected chi connectivity index (χ4v) is 3.95. The van der Waals surface area contributed by atoms with Gasteiger partial charge in [0, 0.05) is 5.69 Å². The number of nitrogens with one attached hydrogen (secondary N) is 2. The second-order valence-corrected chi connectivity index (χ2v) is 8.05. The Morgan fingerprint density at radius 1 is 1.16 bits per heavy atom.